The number of hydrogen-bond acceptors (Lipinski definition) is 7. The van der Waals surface area contributed by atoms with Crippen molar-refractivity contribution in [2.45, 2.75) is 39.2 Å². The van der Waals surface area contributed by atoms with Crippen molar-refractivity contribution in [3.63, 3.8) is 0 Å². The number of aliphatic hydroxyl groups excluding tert-OH is 1. The van der Waals surface area contributed by atoms with Gasteiger partial charge in [-0.3, -0.25) is 14.5 Å². The van der Waals surface area contributed by atoms with Crippen LogP contribution < -0.4 is 4.90 Å². The second-order valence-corrected chi connectivity index (χ2v) is 11.1. The van der Waals surface area contributed by atoms with Crippen molar-refractivity contribution in [2.75, 3.05) is 11.5 Å². The molecule has 1 atom stereocenters. The Bertz CT molecular complexity index is 1480. The van der Waals surface area contributed by atoms with Crippen molar-refractivity contribution >= 4 is 40.2 Å². The third-order valence-electron chi connectivity index (χ3n) is 6.30. The topological polar surface area (TPSA) is 96.8 Å². The van der Waals surface area contributed by atoms with Gasteiger partial charge in [0.2, 0.25) is 0 Å². The number of hydrogen-bond donors (Lipinski definition) is 1. The van der Waals surface area contributed by atoms with Crippen LogP contribution in [-0.2, 0) is 19.7 Å². The number of benzene rings is 2. The number of allylic oxidation sites excluding steroid dienone is 1. The molecule has 0 aliphatic carbocycles. The van der Waals surface area contributed by atoms with E-state index < -0.39 is 29.5 Å². The number of nitrogens with zero attached hydrogens (tertiary/aromatic N) is 2. The zero-order chi connectivity index (χ0) is 28.3. The standard InChI is InChI=1S/C31H30N2O5S/c1-6-18-38-29(37)27-19(2)32-30(39-27)33-25(21-13-15-22(16-14-21)31(3,4)5)24(26(35)28(33)36)23(34)17-12-20-10-8-7-9-11-20/h6-17,25,35H,1,18H2,2-5H3/b17-12+. The van der Waals surface area contributed by atoms with E-state index in [9.17, 15) is 19.5 Å². The molecule has 2 heterocycles. The normalized spacial score (nSPS) is 15.7. The summed E-state index contributed by atoms with van der Waals surface area (Å²) >= 11 is 0.969. The van der Waals surface area contributed by atoms with Crippen LogP contribution in [0.15, 0.2) is 84.7 Å². The van der Waals surface area contributed by atoms with Crippen molar-refractivity contribution in [3.8, 4) is 0 Å². The molecule has 0 saturated carbocycles. The molecule has 1 unspecified atom stereocenters. The van der Waals surface area contributed by atoms with Crippen LogP contribution in [0.3, 0.4) is 0 Å². The molecule has 0 spiro atoms. The van der Waals surface area contributed by atoms with Crippen molar-refractivity contribution < 1.29 is 24.2 Å². The highest BCUT2D eigenvalue weighted by Gasteiger charge is 2.45. The number of carbonyl (C=O) groups excluding carboxylic acids is 3. The van der Waals surface area contributed by atoms with Crippen LogP contribution in [0.1, 0.15) is 58.9 Å². The molecule has 0 bridgehead atoms. The summed E-state index contributed by atoms with van der Waals surface area (Å²) in [4.78, 5) is 45.4. The lowest BCUT2D eigenvalue weighted by molar-refractivity contribution is -0.117. The molecular weight excluding hydrogens is 512 g/mol. The van der Waals surface area contributed by atoms with Gasteiger partial charge in [-0.05, 0) is 35.1 Å². The average molecular weight is 543 g/mol. The highest BCUT2D eigenvalue weighted by molar-refractivity contribution is 7.17. The van der Waals surface area contributed by atoms with Crippen LogP contribution in [-0.4, -0.2) is 34.4 Å². The van der Waals surface area contributed by atoms with Gasteiger partial charge in [0.1, 0.15) is 11.5 Å². The Balaban J connectivity index is 1.79. The van der Waals surface area contributed by atoms with Gasteiger partial charge in [-0.2, -0.15) is 0 Å². The first kappa shape index (κ1) is 27.7. The van der Waals surface area contributed by atoms with E-state index in [-0.39, 0.29) is 27.6 Å². The van der Waals surface area contributed by atoms with Gasteiger partial charge in [0.25, 0.3) is 5.91 Å². The fraction of sp³-hybridized carbons (Fsp3) is 0.226. The molecule has 0 fully saturated rings. The maximum absolute atomic E-state index is 13.5. The number of anilines is 1. The molecule has 8 heteroatoms. The number of amides is 1. The molecule has 2 aromatic carbocycles. The van der Waals surface area contributed by atoms with Crippen LogP contribution in [0.5, 0.6) is 0 Å². The Morgan fingerprint density at radius 1 is 1.13 bits per heavy atom. The summed E-state index contributed by atoms with van der Waals surface area (Å²) in [5, 5.41) is 11.2. The molecule has 200 valence electrons. The van der Waals surface area contributed by atoms with E-state index in [2.05, 4.69) is 32.3 Å². The third kappa shape index (κ3) is 5.76. The van der Waals surface area contributed by atoms with Crippen LogP contribution in [0, 0.1) is 6.92 Å². The summed E-state index contributed by atoms with van der Waals surface area (Å²) < 4.78 is 5.16. The van der Waals surface area contributed by atoms with E-state index in [1.807, 2.05) is 54.6 Å². The lowest BCUT2D eigenvalue weighted by Gasteiger charge is -2.25. The second kappa shape index (κ2) is 11.2. The van der Waals surface area contributed by atoms with Gasteiger partial charge in [0, 0.05) is 0 Å². The van der Waals surface area contributed by atoms with Gasteiger partial charge in [-0.25, -0.2) is 9.78 Å². The Hall–Kier alpha value is -4.30. The zero-order valence-corrected chi connectivity index (χ0v) is 23.1. The molecule has 1 aromatic heterocycles. The van der Waals surface area contributed by atoms with E-state index in [0.717, 1.165) is 22.5 Å². The van der Waals surface area contributed by atoms with Gasteiger partial charge >= 0.3 is 5.97 Å². The highest BCUT2D eigenvalue weighted by Crippen LogP contribution is 2.43. The largest absolute Gasteiger partial charge is 0.503 e. The summed E-state index contributed by atoms with van der Waals surface area (Å²) in [5.74, 6) is -2.51. The minimum Gasteiger partial charge on any atom is -0.503 e. The van der Waals surface area contributed by atoms with Gasteiger partial charge < -0.3 is 9.84 Å². The van der Waals surface area contributed by atoms with Gasteiger partial charge in [-0.1, -0.05) is 105 Å². The lowest BCUT2D eigenvalue weighted by Crippen LogP contribution is -2.31. The molecule has 0 radical (unpaired) electrons. The quantitative estimate of drug-likeness (QED) is 0.205. The van der Waals surface area contributed by atoms with Crippen molar-refractivity contribution in [2.24, 2.45) is 0 Å². The van der Waals surface area contributed by atoms with Crippen molar-refractivity contribution in [1.29, 1.82) is 0 Å². The fourth-order valence-electron chi connectivity index (χ4n) is 4.24. The molecule has 1 aliphatic heterocycles. The molecular formula is C31H30N2O5S. The monoisotopic (exact) mass is 542 g/mol. The van der Waals surface area contributed by atoms with Crippen LogP contribution in [0.25, 0.3) is 6.08 Å². The number of thiazole rings is 1. The van der Waals surface area contributed by atoms with Gasteiger partial charge in [0.15, 0.2) is 16.7 Å². The average Bonchev–Trinajstić information content (AvgIpc) is 3.42. The molecule has 3 aromatic rings. The Morgan fingerprint density at radius 3 is 2.41 bits per heavy atom. The fourth-order valence-corrected chi connectivity index (χ4v) is 5.22. The zero-order valence-electron chi connectivity index (χ0n) is 22.3. The van der Waals surface area contributed by atoms with Crippen molar-refractivity contribution in [3.05, 3.63) is 112 Å². The number of carbonyl (C=O) groups is 3. The first-order chi connectivity index (χ1) is 18.5. The molecule has 1 aliphatic rings. The maximum Gasteiger partial charge on any atom is 0.350 e. The lowest BCUT2D eigenvalue weighted by atomic mass is 9.85. The number of aromatic nitrogens is 1. The predicted molar refractivity (Wildman–Crippen MR) is 153 cm³/mol. The molecule has 1 amide bonds. The van der Waals surface area contributed by atoms with Crippen LogP contribution in [0.4, 0.5) is 5.13 Å². The second-order valence-electron chi connectivity index (χ2n) is 10.1. The number of aliphatic hydroxyl groups is 1. The van der Waals surface area contributed by atoms with Crippen LogP contribution >= 0.6 is 11.3 Å². The Kier molecular flexibility index (Phi) is 7.97. The summed E-state index contributed by atoms with van der Waals surface area (Å²) in [7, 11) is 0. The van der Waals surface area contributed by atoms with Gasteiger partial charge in [0.05, 0.1) is 17.3 Å². The number of ketones is 1. The Labute approximate surface area is 231 Å². The van der Waals surface area contributed by atoms with E-state index in [4.69, 9.17) is 4.74 Å². The van der Waals surface area contributed by atoms with Gasteiger partial charge in [-0.15, -0.1) is 0 Å². The molecule has 0 saturated heterocycles. The maximum atomic E-state index is 13.5. The molecule has 7 nitrogen and oxygen atoms in total. The smallest absolute Gasteiger partial charge is 0.350 e. The van der Waals surface area contributed by atoms with E-state index in [0.29, 0.717) is 11.3 Å². The van der Waals surface area contributed by atoms with Crippen molar-refractivity contribution in [1.82, 2.24) is 4.98 Å². The van der Waals surface area contributed by atoms with Crippen LogP contribution in [0.2, 0.25) is 0 Å². The van der Waals surface area contributed by atoms with E-state index >= 15 is 0 Å². The first-order valence-corrected chi connectivity index (χ1v) is 13.2. The minimum absolute atomic E-state index is 0.0334. The number of aryl methyl sites for hydroxylation is 1. The molecule has 4 rings (SSSR count). The predicted octanol–water partition coefficient (Wildman–Crippen LogP) is 6.27. The highest BCUT2D eigenvalue weighted by atomic mass is 32.1. The molecule has 39 heavy (non-hydrogen) atoms. The number of esters is 1. The van der Waals surface area contributed by atoms with E-state index in [1.54, 1.807) is 13.0 Å². The summed E-state index contributed by atoms with van der Waals surface area (Å²) in [6.45, 7) is 11.5. The third-order valence-corrected chi connectivity index (χ3v) is 7.44. The summed E-state index contributed by atoms with van der Waals surface area (Å²) in [5.41, 5.74) is 2.72. The SMILES string of the molecule is C=CCOC(=O)c1sc(N2C(=O)C(O)=C(C(=O)/C=C/c3ccccc3)C2c2ccc(C(C)(C)C)cc2)nc1C. The first-order valence-electron chi connectivity index (χ1n) is 12.4. The summed E-state index contributed by atoms with van der Waals surface area (Å²) in [6, 6.07) is 15.9. The molecule has 1 N–H and O–H groups in total. The number of ether oxygens (including phenoxy) is 1. The minimum atomic E-state index is -0.943. The van der Waals surface area contributed by atoms with E-state index in [1.165, 1.54) is 17.1 Å². The summed E-state index contributed by atoms with van der Waals surface area (Å²) in [6.07, 6.45) is 4.44. The Morgan fingerprint density at radius 2 is 1.79 bits per heavy atom. The number of rotatable bonds is 8.